The third-order valence-corrected chi connectivity index (χ3v) is 10.4. The molecule has 4 heterocycles. The third kappa shape index (κ3) is 4.61. The second-order valence-corrected chi connectivity index (χ2v) is 13.5. The van der Waals surface area contributed by atoms with Crippen LogP contribution in [-0.4, -0.2) is 27.6 Å². The molecule has 2 unspecified atom stereocenters. The molecule has 2 aliphatic heterocycles. The van der Waals surface area contributed by atoms with Crippen molar-refractivity contribution in [1.82, 2.24) is 20.3 Å². The summed E-state index contributed by atoms with van der Waals surface area (Å²) in [6.07, 6.45) is 8.74. The fourth-order valence-electron chi connectivity index (χ4n) is 8.00. The zero-order chi connectivity index (χ0) is 34.2. The number of para-hydroxylation sites is 1. The van der Waals surface area contributed by atoms with Gasteiger partial charge in [0.15, 0.2) is 17.5 Å². The molecule has 0 fully saturated rings. The van der Waals surface area contributed by atoms with Crippen LogP contribution in [0.5, 0.6) is 5.75 Å². The number of nitrogens with zero attached hydrogens (tertiary/aromatic N) is 3. The predicted molar refractivity (Wildman–Crippen MR) is 207 cm³/mol. The molecular formula is C46H30N4O2. The number of hydrogen-bond acceptors (Lipinski definition) is 6. The van der Waals surface area contributed by atoms with Gasteiger partial charge in [0.25, 0.3) is 0 Å². The Hall–Kier alpha value is -6.79. The molecule has 0 saturated heterocycles. The molecule has 0 radical (unpaired) electrons. The van der Waals surface area contributed by atoms with Crippen LogP contribution in [0.1, 0.15) is 11.5 Å². The monoisotopic (exact) mass is 670 g/mol. The predicted octanol–water partition coefficient (Wildman–Crippen LogP) is 10.4. The Balaban J connectivity index is 1.18. The van der Waals surface area contributed by atoms with Crippen LogP contribution in [0.2, 0.25) is 0 Å². The van der Waals surface area contributed by atoms with E-state index in [0.29, 0.717) is 17.5 Å². The Morgan fingerprint density at radius 2 is 1.38 bits per heavy atom. The van der Waals surface area contributed by atoms with Gasteiger partial charge in [-0.1, -0.05) is 115 Å². The molecule has 11 rings (SSSR count). The number of allylic oxidation sites excluding steroid dienone is 1. The first-order valence-corrected chi connectivity index (χ1v) is 17.6. The van der Waals surface area contributed by atoms with Gasteiger partial charge < -0.3 is 14.5 Å². The average Bonchev–Trinajstić information content (AvgIpc) is 3.77. The highest BCUT2D eigenvalue weighted by molar-refractivity contribution is 6.12. The van der Waals surface area contributed by atoms with E-state index < -0.39 is 0 Å². The molecule has 3 aliphatic rings. The summed E-state index contributed by atoms with van der Waals surface area (Å²) in [5.41, 5.74) is 9.92. The van der Waals surface area contributed by atoms with Crippen LogP contribution in [0.4, 0.5) is 0 Å². The van der Waals surface area contributed by atoms with Crippen molar-refractivity contribution < 1.29 is 9.15 Å². The minimum Gasteiger partial charge on any atom is -0.485 e. The van der Waals surface area contributed by atoms with Crippen LogP contribution in [0.15, 0.2) is 167 Å². The van der Waals surface area contributed by atoms with Crippen molar-refractivity contribution in [3.05, 3.63) is 169 Å². The topological polar surface area (TPSA) is 73.1 Å². The Morgan fingerprint density at radius 3 is 2.31 bits per heavy atom. The third-order valence-electron chi connectivity index (χ3n) is 10.4. The Labute approximate surface area is 299 Å². The first-order valence-electron chi connectivity index (χ1n) is 17.6. The van der Waals surface area contributed by atoms with E-state index in [0.717, 1.165) is 78.7 Å². The van der Waals surface area contributed by atoms with Gasteiger partial charge in [-0.15, -0.1) is 0 Å². The van der Waals surface area contributed by atoms with Crippen molar-refractivity contribution in [3.8, 4) is 51.0 Å². The molecule has 1 aliphatic carbocycles. The van der Waals surface area contributed by atoms with E-state index in [1.807, 2.05) is 48.5 Å². The average molecular weight is 671 g/mol. The first-order chi connectivity index (χ1) is 25.7. The number of furan rings is 1. The quantitative estimate of drug-likeness (QED) is 0.201. The molecule has 0 bridgehead atoms. The molecule has 8 aromatic rings. The van der Waals surface area contributed by atoms with E-state index >= 15 is 0 Å². The van der Waals surface area contributed by atoms with E-state index in [4.69, 9.17) is 24.1 Å². The second kappa shape index (κ2) is 11.4. The molecule has 2 aromatic heterocycles. The number of nitrogens with one attached hydrogen (secondary N) is 1. The molecule has 0 saturated carbocycles. The van der Waals surface area contributed by atoms with Crippen molar-refractivity contribution >= 4 is 32.7 Å². The molecule has 246 valence electrons. The van der Waals surface area contributed by atoms with Crippen LogP contribution < -0.4 is 10.1 Å². The van der Waals surface area contributed by atoms with Crippen LogP contribution in [0.25, 0.3) is 78.0 Å². The fourth-order valence-corrected chi connectivity index (χ4v) is 8.00. The van der Waals surface area contributed by atoms with Crippen molar-refractivity contribution in [2.75, 3.05) is 6.54 Å². The summed E-state index contributed by atoms with van der Waals surface area (Å²) < 4.78 is 13.2. The fraction of sp³-hybridized carbons (Fsp3) is 0.0652. The zero-order valence-electron chi connectivity index (χ0n) is 28.0. The summed E-state index contributed by atoms with van der Waals surface area (Å²) in [5.74, 6) is 2.66. The van der Waals surface area contributed by atoms with E-state index in [2.05, 4.69) is 108 Å². The maximum absolute atomic E-state index is 6.86. The lowest BCUT2D eigenvalue weighted by atomic mass is 9.83. The normalized spacial score (nSPS) is 17.2. The molecule has 6 aromatic carbocycles. The Morgan fingerprint density at radius 1 is 0.596 bits per heavy atom. The lowest BCUT2D eigenvalue weighted by molar-refractivity contribution is 0.266. The number of ether oxygens (including phenoxy) is 1. The number of aromatic nitrogens is 3. The van der Waals surface area contributed by atoms with Crippen LogP contribution in [-0.2, 0) is 0 Å². The lowest BCUT2D eigenvalue weighted by Crippen LogP contribution is -2.27. The van der Waals surface area contributed by atoms with E-state index in [1.54, 1.807) is 0 Å². The summed E-state index contributed by atoms with van der Waals surface area (Å²) in [4.78, 5) is 15.6. The highest BCUT2D eigenvalue weighted by atomic mass is 16.5. The van der Waals surface area contributed by atoms with Crippen LogP contribution in [0, 0.1) is 0 Å². The highest BCUT2D eigenvalue weighted by Crippen LogP contribution is 2.50. The lowest BCUT2D eigenvalue weighted by Gasteiger charge is -2.25. The number of benzene rings is 6. The Bertz CT molecular complexity index is 2850. The van der Waals surface area contributed by atoms with Gasteiger partial charge in [-0.05, 0) is 63.9 Å². The maximum atomic E-state index is 6.86. The molecule has 1 N–H and O–H groups in total. The summed E-state index contributed by atoms with van der Waals surface area (Å²) >= 11 is 0. The van der Waals surface area contributed by atoms with Gasteiger partial charge in [0, 0.05) is 51.2 Å². The Kier molecular flexibility index (Phi) is 6.34. The van der Waals surface area contributed by atoms with E-state index in [1.165, 1.54) is 11.0 Å². The van der Waals surface area contributed by atoms with Crippen LogP contribution >= 0.6 is 0 Å². The van der Waals surface area contributed by atoms with Crippen molar-refractivity contribution in [2.45, 2.75) is 12.0 Å². The SMILES string of the molecule is C1=CC2=CC3c4c(cc(-c5cccc6oc7ccccc7c56)cc4-c4nc(-c5ccccc5)nc(-c5ccc6ccccc6c5)n4)OC3C=C2NC1. The first kappa shape index (κ1) is 29.0. The standard InChI is InChI=1S/C46H30N4O2/c1-2-11-28(12-3-1)44-48-45(31-20-19-27-10-4-5-13-29(27)22-31)50-46(49-44)36-24-32(33-16-8-18-39-42(33)34-15-6-7-17-38(34)51-39)25-41-43(36)35-23-30-14-9-21-47-37(30)26-40(35)52-41/h1-20,22-26,35,40,47H,21H2. The minimum atomic E-state index is -0.164. The van der Waals surface area contributed by atoms with Crippen molar-refractivity contribution in [1.29, 1.82) is 0 Å². The number of fused-ring (bicyclic) bond motifs is 8. The maximum Gasteiger partial charge on any atom is 0.164 e. The van der Waals surface area contributed by atoms with E-state index in [-0.39, 0.29) is 12.0 Å². The van der Waals surface area contributed by atoms with Gasteiger partial charge in [-0.2, -0.15) is 0 Å². The zero-order valence-corrected chi connectivity index (χ0v) is 28.0. The summed E-state index contributed by atoms with van der Waals surface area (Å²) in [7, 11) is 0. The van der Waals surface area contributed by atoms with Crippen LogP contribution in [0.3, 0.4) is 0 Å². The molecule has 0 spiro atoms. The minimum absolute atomic E-state index is 0.0195. The number of hydrogen-bond donors (Lipinski definition) is 1. The van der Waals surface area contributed by atoms with Gasteiger partial charge in [0.05, 0.1) is 0 Å². The smallest absolute Gasteiger partial charge is 0.164 e. The molecule has 6 nitrogen and oxygen atoms in total. The van der Waals surface area contributed by atoms with E-state index in [9.17, 15) is 0 Å². The molecule has 6 heteroatoms. The summed E-state index contributed by atoms with van der Waals surface area (Å²) in [5, 5.41) is 7.97. The molecule has 0 amide bonds. The molecule has 2 atom stereocenters. The number of rotatable bonds is 4. The highest BCUT2D eigenvalue weighted by Gasteiger charge is 2.39. The van der Waals surface area contributed by atoms with Gasteiger partial charge in [0.1, 0.15) is 23.0 Å². The van der Waals surface area contributed by atoms with Gasteiger partial charge >= 0.3 is 0 Å². The molecular weight excluding hydrogens is 641 g/mol. The molecule has 52 heavy (non-hydrogen) atoms. The summed E-state index contributed by atoms with van der Waals surface area (Å²) in [6, 6.07) is 43.8. The largest absolute Gasteiger partial charge is 0.485 e. The van der Waals surface area contributed by atoms with Crippen molar-refractivity contribution in [2.24, 2.45) is 0 Å². The van der Waals surface area contributed by atoms with Crippen molar-refractivity contribution in [3.63, 3.8) is 0 Å². The van der Waals surface area contributed by atoms with Gasteiger partial charge in [-0.25, -0.2) is 15.0 Å². The van der Waals surface area contributed by atoms with Gasteiger partial charge in [-0.3, -0.25) is 0 Å². The second-order valence-electron chi connectivity index (χ2n) is 13.5. The summed E-state index contributed by atoms with van der Waals surface area (Å²) in [6.45, 7) is 0.802. The van der Waals surface area contributed by atoms with Gasteiger partial charge in [0.2, 0.25) is 0 Å².